The zero-order valence-corrected chi connectivity index (χ0v) is 19.3. The van der Waals surface area contributed by atoms with Gasteiger partial charge in [-0.15, -0.1) is 0 Å². The number of carbonyl (C=O) groups is 3. The number of benzene rings is 2. The van der Waals surface area contributed by atoms with E-state index in [-0.39, 0.29) is 5.91 Å². The summed E-state index contributed by atoms with van der Waals surface area (Å²) in [6, 6.07) is 17.1. The second-order valence-electron chi connectivity index (χ2n) is 8.77. The molecule has 2 heterocycles. The van der Waals surface area contributed by atoms with Crippen LogP contribution in [0.25, 0.3) is 0 Å². The predicted molar refractivity (Wildman–Crippen MR) is 126 cm³/mol. The molecule has 0 spiro atoms. The van der Waals surface area contributed by atoms with Crippen LogP contribution in [0.4, 0.5) is 0 Å². The van der Waals surface area contributed by atoms with E-state index in [2.05, 4.69) is 11.8 Å². The monoisotopic (exact) mass is 448 g/mol. The Kier molecular flexibility index (Phi) is 7.40. The van der Waals surface area contributed by atoms with E-state index in [1.165, 1.54) is 0 Å². The van der Waals surface area contributed by atoms with Crippen LogP contribution in [0.1, 0.15) is 34.8 Å². The molecule has 4 rings (SSSR count). The van der Waals surface area contributed by atoms with Crippen LogP contribution in [0.2, 0.25) is 0 Å². The molecular weight excluding hydrogens is 416 g/mol. The molecule has 3 amide bonds. The molecule has 0 atom stereocenters. The van der Waals surface area contributed by atoms with Crippen LogP contribution in [0, 0.1) is 0 Å². The SMILES string of the molecule is CCCN1CCN(C(=O)c2ccc(CN3CCN(Cc4ccccc4)C(=O)C3=O)cc2)CC1. The van der Waals surface area contributed by atoms with Gasteiger partial charge in [-0.1, -0.05) is 49.4 Å². The second kappa shape index (κ2) is 10.6. The largest absolute Gasteiger partial charge is 0.336 e. The van der Waals surface area contributed by atoms with Gasteiger partial charge in [-0.3, -0.25) is 19.3 Å². The molecule has 33 heavy (non-hydrogen) atoms. The summed E-state index contributed by atoms with van der Waals surface area (Å²) in [4.78, 5) is 45.6. The first-order chi connectivity index (χ1) is 16.0. The van der Waals surface area contributed by atoms with Crippen molar-refractivity contribution in [2.45, 2.75) is 26.4 Å². The van der Waals surface area contributed by atoms with Gasteiger partial charge in [-0.05, 0) is 36.2 Å². The van der Waals surface area contributed by atoms with E-state index in [1.807, 2.05) is 59.5 Å². The molecular formula is C26H32N4O3. The minimum absolute atomic E-state index is 0.0541. The van der Waals surface area contributed by atoms with Crippen LogP contribution in [0.15, 0.2) is 54.6 Å². The highest BCUT2D eigenvalue weighted by Gasteiger charge is 2.32. The van der Waals surface area contributed by atoms with E-state index < -0.39 is 11.8 Å². The third-order valence-corrected chi connectivity index (χ3v) is 6.39. The lowest BCUT2D eigenvalue weighted by Crippen LogP contribution is -2.53. The van der Waals surface area contributed by atoms with Crippen molar-refractivity contribution in [1.29, 1.82) is 0 Å². The van der Waals surface area contributed by atoms with Crippen LogP contribution in [0.3, 0.4) is 0 Å². The molecule has 2 saturated heterocycles. The molecule has 2 aromatic rings. The van der Waals surface area contributed by atoms with Crippen molar-refractivity contribution < 1.29 is 14.4 Å². The highest BCUT2D eigenvalue weighted by Crippen LogP contribution is 2.16. The van der Waals surface area contributed by atoms with Gasteiger partial charge < -0.3 is 14.7 Å². The summed E-state index contributed by atoms with van der Waals surface area (Å²) in [5.41, 5.74) is 2.59. The fourth-order valence-electron chi connectivity index (χ4n) is 4.47. The topological polar surface area (TPSA) is 64.2 Å². The van der Waals surface area contributed by atoms with E-state index in [0.717, 1.165) is 50.3 Å². The number of piperazine rings is 2. The Morgan fingerprint density at radius 2 is 1.27 bits per heavy atom. The Hall–Kier alpha value is -3.19. The molecule has 0 bridgehead atoms. The Labute approximate surface area is 195 Å². The fraction of sp³-hybridized carbons (Fsp3) is 0.423. The van der Waals surface area contributed by atoms with Crippen molar-refractivity contribution in [2.24, 2.45) is 0 Å². The van der Waals surface area contributed by atoms with Gasteiger partial charge in [0.25, 0.3) is 5.91 Å². The van der Waals surface area contributed by atoms with E-state index in [1.54, 1.807) is 9.80 Å². The molecule has 0 unspecified atom stereocenters. The third-order valence-electron chi connectivity index (χ3n) is 6.39. The number of hydrogen-bond acceptors (Lipinski definition) is 4. The quantitative estimate of drug-likeness (QED) is 0.610. The molecule has 0 N–H and O–H groups in total. The van der Waals surface area contributed by atoms with Crippen molar-refractivity contribution in [1.82, 2.24) is 19.6 Å². The predicted octanol–water partition coefficient (Wildman–Crippen LogP) is 2.23. The van der Waals surface area contributed by atoms with Crippen molar-refractivity contribution >= 4 is 17.7 Å². The Morgan fingerprint density at radius 3 is 1.82 bits per heavy atom. The summed E-state index contributed by atoms with van der Waals surface area (Å²) in [5.74, 6) is -0.875. The molecule has 7 heteroatoms. The lowest BCUT2D eigenvalue weighted by molar-refractivity contribution is -0.156. The van der Waals surface area contributed by atoms with Gasteiger partial charge in [-0.2, -0.15) is 0 Å². The number of rotatable bonds is 7. The molecule has 2 aliphatic heterocycles. The van der Waals surface area contributed by atoms with Gasteiger partial charge in [0.15, 0.2) is 0 Å². The van der Waals surface area contributed by atoms with Crippen LogP contribution in [-0.2, 0) is 22.7 Å². The fourth-order valence-corrected chi connectivity index (χ4v) is 4.47. The molecule has 2 fully saturated rings. The zero-order chi connectivity index (χ0) is 23.2. The van der Waals surface area contributed by atoms with Crippen molar-refractivity contribution in [3.8, 4) is 0 Å². The first kappa shape index (κ1) is 23.0. The van der Waals surface area contributed by atoms with Gasteiger partial charge >= 0.3 is 11.8 Å². The van der Waals surface area contributed by atoms with E-state index in [4.69, 9.17) is 0 Å². The number of hydrogen-bond donors (Lipinski definition) is 0. The molecule has 2 aromatic carbocycles. The summed E-state index contributed by atoms with van der Waals surface area (Å²) in [6.07, 6.45) is 1.13. The molecule has 0 aromatic heterocycles. The van der Waals surface area contributed by atoms with Crippen LogP contribution in [-0.4, -0.2) is 83.1 Å². The standard InChI is InChI=1S/C26H32N4O3/c1-2-12-27-13-15-28(16-14-27)24(31)23-10-8-22(9-11-23)20-30-18-17-29(25(32)26(30)33)19-21-6-4-3-5-7-21/h3-11H,2,12-20H2,1H3. The maximum Gasteiger partial charge on any atom is 0.312 e. The Morgan fingerprint density at radius 1 is 0.727 bits per heavy atom. The first-order valence-corrected chi connectivity index (χ1v) is 11.8. The minimum Gasteiger partial charge on any atom is -0.336 e. The van der Waals surface area contributed by atoms with Crippen molar-refractivity contribution in [3.05, 3.63) is 71.3 Å². The second-order valence-corrected chi connectivity index (χ2v) is 8.77. The van der Waals surface area contributed by atoms with Gasteiger partial charge in [-0.25, -0.2) is 0 Å². The smallest absolute Gasteiger partial charge is 0.312 e. The van der Waals surface area contributed by atoms with Gasteiger partial charge in [0, 0.05) is 57.9 Å². The summed E-state index contributed by atoms with van der Waals surface area (Å²) >= 11 is 0. The van der Waals surface area contributed by atoms with E-state index in [0.29, 0.717) is 31.7 Å². The molecule has 174 valence electrons. The number of carbonyl (C=O) groups excluding carboxylic acids is 3. The molecule has 0 saturated carbocycles. The normalized spacial score (nSPS) is 17.5. The minimum atomic E-state index is -0.470. The Bertz CT molecular complexity index is 969. The van der Waals surface area contributed by atoms with Crippen LogP contribution < -0.4 is 0 Å². The van der Waals surface area contributed by atoms with Gasteiger partial charge in [0.05, 0.1) is 0 Å². The third kappa shape index (κ3) is 5.60. The average Bonchev–Trinajstić information content (AvgIpc) is 2.85. The number of amides is 3. The lowest BCUT2D eigenvalue weighted by Gasteiger charge is -2.34. The maximum atomic E-state index is 12.8. The number of nitrogens with zero attached hydrogens (tertiary/aromatic N) is 4. The molecule has 2 aliphatic rings. The summed E-state index contributed by atoms with van der Waals surface area (Å²) in [6.45, 7) is 8.44. The van der Waals surface area contributed by atoms with E-state index >= 15 is 0 Å². The van der Waals surface area contributed by atoms with E-state index in [9.17, 15) is 14.4 Å². The Balaban J connectivity index is 1.30. The molecule has 0 radical (unpaired) electrons. The van der Waals surface area contributed by atoms with Crippen LogP contribution >= 0.6 is 0 Å². The summed E-state index contributed by atoms with van der Waals surface area (Å²) < 4.78 is 0. The lowest BCUT2D eigenvalue weighted by atomic mass is 10.1. The molecule has 7 nitrogen and oxygen atoms in total. The highest BCUT2D eigenvalue weighted by atomic mass is 16.2. The summed E-state index contributed by atoms with van der Waals surface area (Å²) in [5, 5.41) is 0. The zero-order valence-electron chi connectivity index (χ0n) is 19.3. The summed E-state index contributed by atoms with van der Waals surface area (Å²) in [7, 11) is 0. The van der Waals surface area contributed by atoms with Crippen molar-refractivity contribution in [2.75, 3.05) is 45.8 Å². The average molecular weight is 449 g/mol. The maximum absolute atomic E-state index is 12.8. The van der Waals surface area contributed by atoms with Gasteiger partial charge in [0.1, 0.15) is 0 Å². The highest BCUT2D eigenvalue weighted by molar-refractivity contribution is 6.35. The van der Waals surface area contributed by atoms with Crippen LogP contribution in [0.5, 0.6) is 0 Å². The first-order valence-electron chi connectivity index (χ1n) is 11.8. The van der Waals surface area contributed by atoms with Crippen molar-refractivity contribution in [3.63, 3.8) is 0 Å². The molecule has 0 aliphatic carbocycles. The van der Waals surface area contributed by atoms with Gasteiger partial charge in [0.2, 0.25) is 0 Å².